The van der Waals surface area contributed by atoms with Gasteiger partial charge in [-0.2, -0.15) is 0 Å². The number of anilines is 2. The summed E-state index contributed by atoms with van der Waals surface area (Å²) in [5.74, 6) is -0.906. The summed E-state index contributed by atoms with van der Waals surface area (Å²) in [4.78, 5) is 12.8. The quantitative estimate of drug-likeness (QED) is 0.771. The molecule has 0 radical (unpaired) electrons. The number of sulfone groups is 1. The lowest BCUT2D eigenvalue weighted by atomic mass is 10.1. The van der Waals surface area contributed by atoms with Crippen molar-refractivity contribution in [1.82, 2.24) is 0 Å². The van der Waals surface area contributed by atoms with Crippen LogP contribution in [0.4, 0.5) is 11.4 Å². The topological polar surface area (TPSA) is 101 Å². The second kappa shape index (κ2) is 4.73. The standard InChI is InChI=1S/C12H16N2O4S/c1-8-7-19(17,18)5-4-14(8)11-6-9(12(15)16)2-3-10(11)13/h2-3,6,8H,4-5,7,13H2,1H3,(H,15,16). The molecule has 1 aromatic carbocycles. The first-order valence-electron chi connectivity index (χ1n) is 5.90. The third-order valence-electron chi connectivity index (χ3n) is 3.26. The Labute approximate surface area is 111 Å². The number of carbonyl (C=O) groups is 1. The zero-order chi connectivity index (χ0) is 14.2. The first-order valence-corrected chi connectivity index (χ1v) is 7.72. The normalized spacial score (nSPS) is 22.2. The minimum atomic E-state index is -3.01. The van der Waals surface area contributed by atoms with E-state index in [0.29, 0.717) is 17.9 Å². The van der Waals surface area contributed by atoms with Crippen LogP contribution in [0, 0.1) is 0 Å². The third-order valence-corrected chi connectivity index (χ3v) is 5.05. The van der Waals surface area contributed by atoms with E-state index in [4.69, 9.17) is 10.8 Å². The van der Waals surface area contributed by atoms with Gasteiger partial charge in [-0.15, -0.1) is 0 Å². The Kier molecular flexibility index (Phi) is 3.40. The van der Waals surface area contributed by atoms with Crippen molar-refractivity contribution >= 4 is 27.2 Å². The van der Waals surface area contributed by atoms with Crippen LogP contribution in [-0.2, 0) is 9.84 Å². The van der Waals surface area contributed by atoms with Gasteiger partial charge in [0.25, 0.3) is 0 Å². The summed E-state index contributed by atoms with van der Waals surface area (Å²) in [7, 11) is -3.01. The number of nitrogens with zero attached hydrogens (tertiary/aromatic N) is 1. The van der Waals surface area contributed by atoms with Gasteiger partial charge in [-0.05, 0) is 25.1 Å². The molecule has 1 fully saturated rings. The molecule has 0 spiro atoms. The summed E-state index contributed by atoms with van der Waals surface area (Å²) < 4.78 is 23.1. The van der Waals surface area contributed by atoms with Gasteiger partial charge in [0.05, 0.1) is 28.4 Å². The predicted octanol–water partition coefficient (Wildman–Crippen LogP) is 0.590. The summed E-state index contributed by atoms with van der Waals surface area (Å²) in [6.45, 7) is 2.13. The summed E-state index contributed by atoms with van der Waals surface area (Å²) >= 11 is 0. The van der Waals surface area contributed by atoms with E-state index >= 15 is 0 Å². The average Bonchev–Trinajstić information content (AvgIpc) is 2.29. The molecule has 7 heteroatoms. The van der Waals surface area contributed by atoms with Crippen molar-refractivity contribution < 1.29 is 18.3 Å². The maximum absolute atomic E-state index is 11.5. The fourth-order valence-electron chi connectivity index (χ4n) is 2.28. The molecule has 104 valence electrons. The summed E-state index contributed by atoms with van der Waals surface area (Å²) in [6, 6.07) is 4.25. The highest BCUT2D eigenvalue weighted by Gasteiger charge is 2.29. The number of carboxylic acids is 1. The van der Waals surface area contributed by atoms with Crippen molar-refractivity contribution in [3.63, 3.8) is 0 Å². The van der Waals surface area contributed by atoms with Crippen LogP contribution in [0.5, 0.6) is 0 Å². The minimum Gasteiger partial charge on any atom is -0.478 e. The van der Waals surface area contributed by atoms with Crippen LogP contribution < -0.4 is 10.6 Å². The number of rotatable bonds is 2. The van der Waals surface area contributed by atoms with E-state index in [9.17, 15) is 13.2 Å². The first-order chi connectivity index (χ1) is 8.80. The lowest BCUT2D eigenvalue weighted by Gasteiger charge is -2.35. The molecule has 0 aliphatic carbocycles. The molecule has 1 saturated heterocycles. The molecule has 1 unspecified atom stereocenters. The summed E-state index contributed by atoms with van der Waals surface area (Å²) in [5.41, 5.74) is 7.05. The molecule has 1 heterocycles. The van der Waals surface area contributed by atoms with Gasteiger partial charge in [-0.3, -0.25) is 0 Å². The van der Waals surface area contributed by atoms with Gasteiger partial charge in [0.1, 0.15) is 0 Å². The van der Waals surface area contributed by atoms with Crippen molar-refractivity contribution in [3.8, 4) is 0 Å². The number of aromatic carboxylic acids is 1. The SMILES string of the molecule is CC1CS(=O)(=O)CCN1c1cc(C(=O)O)ccc1N. The number of carboxylic acid groups (broad SMARTS) is 1. The fourth-order valence-corrected chi connectivity index (χ4v) is 3.84. The number of hydrogen-bond acceptors (Lipinski definition) is 5. The zero-order valence-electron chi connectivity index (χ0n) is 10.5. The molecule has 1 atom stereocenters. The van der Waals surface area contributed by atoms with Crippen LogP contribution in [0.25, 0.3) is 0 Å². The predicted molar refractivity (Wildman–Crippen MR) is 73.3 cm³/mol. The van der Waals surface area contributed by atoms with Gasteiger partial charge in [-0.1, -0.05) is 0 Å². The molecule has 0 amide bonds. The molecule has 19 heavy (non-hydrogen) atoms. The van der Waals surface area contributed by atoms with E-state index in [0.717, 1.165) is 0 Å². The Hall–Kier alpha value is -1.76. The number of benzene rings is 1. The van der Waals surface area contributed by atoms with E-state index in [1.54, 1.807) is 6.92 Å². The van der Waals surface area contributed by atoms with Crippen molar-refractivity contribution in [2.75, 3.05) is 28.7 Å². The molecule has 3 N–H and O–H groups in total. The molecular weight excluding hydrogens is 268 g/mol. The van der Waals surface area contributed by atoms with Gasteiger partial charge in [0, 0.05) is 12.6 Å². The van der Waals surface area contributed by atoms with Gasteiger partial charge in [0.2, 0.25) is 0 Å². The fraction of sp³-hybridized carbons (Fsp3) is 0.417. The lowest BCUT2D eigenvalue weighted by Crippen LogP contribution is -2.47. The van der Waals surface area contributed by atoms with Gasteiger partial charge in [-0.25, -0.2) is 13.2 Å². The summed E-state index contributed by atoms with van der Waals surface area (Å²) in [5, 5.41) is 8.99. The number of nitrogen functional groups attached to an aromatic ring is 1. The second-order valence-corrected chi connectivity index (χ2v) is 6.96. The van der Waals surface area contributed by atoms with Gasteiger partial charge < -0.3 is 15.7 Å². The minimum absolute atomic E-state index is 0.0593. The maximum Gasteiger partial charge on any atom is 0.335 e. The highest BCUT2D eigenvalue weighted by Crippen LogP contribution is 2.28. The van der Waals surface area contributed by atoms with Crippen LogP contribution in [0.3, 0.4) is 0 Å². The molecule has 6 nitrogen and oxygen atoms in total. The van der Waals surface area contributed by atoms with Gasteiger partial charge >= 0.3 is 5.97 Å². The molecule has 1 aliphatic rings. The van der Waals surface area contributed by atoms with E-state index in [1.807, 2.05) is 4.90 Å². The lowest BCUT2D eigenvalue weighted by molar-refractivity contribution is 0.0697. The molecule has 0 aromatic heterocycles. The number of hydrogen-bond donors (Lipinski definition) is 2. The Morgan fingerprint density at radius 1 is 1.47 bits per heavy atom. The van der Waals surface area contributed by atoms with Gasteiger partial charge in [0.15, 0.2) is 9.84 Å². The monoisotopic (exact) mass is 284 g/mol. The number of nitrogens with two attached hydrogens (primary N) is 1. The average molecular weight is 284 g/mol. The Bertz CT molecular complexity index is 612. The van der Waals surface area contributed by atoms with Crippen LogP contribution >= 0.6 is 0 Å². The van der Waals surface area contributed by atoms with E-state index < -0.39 is 15.8 Å². The molecular formula is C12H16N2O4S. The highest BCUT2D eigenvalue weighted by molar-refractivity contribution is 7.91. The summed E-state index contributed by atoms with van der Waals surface area (Å²) in [6.07, 6.45) is 0. The molecule has 1 aromatic rings. The van der Waals surface area contributed by atoms with Crippen LogP contribution in [0.2, 0.25) is 0 Å². The van der Waals surface area contributed by atoms with Crippen LogP contribution in [0.1, 0.15) is 17.3 Å². The molecule has 1 aliphatic heterocycles. The Morgan fingerprint density at radius 2 is 2.16 bits per heavy atom. The van der Waals surface area contributed by atoms with E-state index in [2.05, 4.69) is 0 Å². The third kappa shape index (κ3) is 2.81. The maximum atomic E-state index is 11.5. The van der Waals surface area contributed by atoms with E-state index in [1.165, 1.54) is 18.2 Å². The smallest absolute Gasteiger partial charge is 0.335 e. The Morgan fingerprint density at radius 3 is 2.74 bits per heavy atom. The van der Waals surface area contributed by atoms with Crippen molar-refractivity contribution in [2.45, 2.75) is 13.0 Å². The molecule has 0 bridgehead atoms. The highest BCUT2D eigenvalue weighted by atomic mass is 32.2. The van der Waals surface area contributed by atoms with E-state index in [-0.39, 0.29) is 23.1 Å². The van der Waals surface area contributed by atoms with Crippen LogP contribution in [-0.4, -0.2) is 43.6 Å². The second-order valence-electron chi connectivity index (χ2n) is 4.74. The van der Waals surface area contributed by atoms with Crippen molar-refractivity contribution in [2.24, 2.45) is 0 Å². The van der Waals surface area contributed by atoms with Crippen LogP contribution in [0.15, 0.2) is 18.2 Å². The first kappa shape index (κ1) is 13.7. The van der Waals surface area contributed by atoms with Crippen molar-refractivity contribution in [1.29, 1.82) is 0 Å². The zero-order valence-corrected chi connectivity index (χ0v) is 11.4. The molecule has 2 rings (SSSR count). The molecule has 0 saturated carbocycles. The largest absolute Gasteiger partial charge is 0.478 e. The van der Waals surface area contributed by atoms with Crippen molar-refractivity contribution in [3.05, 3.63) is 23.8 Å². The Balaban J connectivity index is 2.36.